The molecule has 0 aromatic rings. The zero-order valence-electron chi connectivity index (χ0n) is 12.1. The van der Waals surface area contributed by atoms with Gasteiger partial charge in [0, 0.05) is 0 Å². The summed E-state index contributed by atoms with van der Waals surface area (Å²) in [5.74, 6) is 0.834. The average molecular weight is 238 g/mol. The van der Waals surface area contributed by atoms with Gasteiger partial charge in [-0.3, -0.25) is 0 Å². The first kappa shape index (κ1) is 13.4. The van der Waals surface area contributed by atoms with Gasteiger partial charge >= 0.3 is 0 Å². The average Bonchev–Trinajstić information content (AvgIpc) is 2.27. The summed E-state index contributed by atoms with van der Waals surface area (Å²) < 4.78 is 6.00. The highest BCUT2D eigenvalue weighted by atomic mass is 16.5. The lowest BCUT2D eigenvalue weighted by Gasteiger charge is -2.44. The Bertz CT molecular complexity index is 227. The molecule has 0 aromatic heterocycles. The maximum absolute atomic E-state index is 6.00. The van der Waals surface area contributed by atoms with E-state index in [0.29, 0.717) is 0 Å². The highest BCUT2D eigenvalue weighted by Gasteiger charge is 2.37. The molecule has 2 aliphatic carbocycles. The Labute approximate surface area is 107 Å². The van der Waals surface area contributed by atoms with Crippen LogP contribution >= 0.6 is 0 Å². The van der Waals surface area contributed by atoms with Crippen LogP contribution in [0.5, 0.6) is 0 Å². The van der Waals surface area contributed by atoms with Crippen LogP contribution in [0.15, 0.2) is 0 Å². The van der Waals surface area contributed by atoms with Gasteiger partial charge in [0.15, 0.2) is 0 Å². The summed E-state index contributed by atoms with van der Waals surface area (Å²) in [5, 5.41) is 0. The van der Waals surface area contributed by atoms with Crippen LogP contribution in [0, 0.1) is 11.3 Å². The fourth-order valence-corrected chi connectivity index (χ4v) is 3.85. The number of hydrogen-bond donors (Lipinski definition) is 0. The Hall–Kier alpha value is -0.0400. The monoisotopic (exact) mass is 238 g/mol. The molecule has 2 fully saturated rings. The zero-order chi connectivity index (χ0) is 12.4. The minimum atomic E-state index is 0.0389. The molecular weight excluding hydrogens is 208 g/mol. The molecule has 1 unspecified atom stereocenters. The fraction of sp³-hybridized carbons (Fsp3) is 1.00. The molecule has 0 amide bonds. The van der Waals surface area contributed by atoms with Crippen LogP contribution in [0.4, 0.5) is 0 Å². The molecule has 0 saturated heterocycles. The molecule has 0 bridgehead atoms. The van der Waals surface area contributed by atoms with Gasteiger partial charge in [-0.1, -0.05) is 25.7 Å². The van der Waals surface area contributed by atoms with Crippen molar-refractivity contribution in [1.29, 1.82) is 0 Å². The van der Waals surface area contributed by atoms with Crippen LogP contribution < -0.4 is 0 Å². The third-order valence-electron chi connectivity index (χ3n) is 4.71. The molecule has 0 aromatic carbocycles. The van der Waals surface area contributed by atoms with Gasteiger partial charge in [-0.05, 0) is 64.2 Å². The van der Waals surface area contributed by atoms with Crippen molar-refractivity contribution in [2.75, 3.05) is 6.61 Å². The Morgan fingerprint density at radius 1 is 1.00 bits per heavy atom. The van der Waals surface area contributed by atoms with Crippen molar-refractivity contribution >= 4 is 0 Å². The van der Waals surface area contributed by atoms with Crippen molar-refractivity contribution in [3.8, 4) is 0 Å². The molecule has 0 heterocycles. The minimum Gasteiger partial charge on any atom is -0.376 e. The summed E-state index contributed by atoms with van der Waals surface area (Å²) in [6, 6.07) is 0. The van der Waals surface area contributed by atoms with E-state index in [2.05, 4.69) is 20.8 Å². The number of rotatable bonds is 2. The second-order valence-corrected chi connectivity index (χ2v) is 7.45. The van der Waals surface area contributed by atoms with Crippen LogP contribution in [0.3, 0.4) is 0 Å². The van der Waals surface area contributed by atoms with Gasteiger partial charge in [0.25, 0.3) is 0 Å². The predicted octanol–water partition coefficient (Wildman–Crippen LogP) is 4.94. The minimum absolute atomic E-state index is 0.0389. The summed E-state index contributed by atoms with van der Waals surface area (Å²) >= 11 is 0. The van der Waals surface area contributed by atoms with Crippen LogP contribution in [0.25, 0.3) is 0 Å². The smallest absolute Gasteiger partial charge is 0.0598 e. The predicted molar refractivity (Wildman–Crippen MR) is 73.2 cm³/mol. The third-order valence-corrected chi connectivity index (χ3v) is 4.71. The van der Waals surface area contributed by atoms with Crippen LogP contribution in [-0.2, 0) is 4.74 Å². The highest BCUT2D eigenvalue weighted by molar-refractivity contribution is 4.88. The molecule has 2 rings (SSSR count). The van der Waals surface area contributed by atoms with E-state index in [4.69, 9.17) is 4.74 Å². The maximum atomic E-state index is 6.00. The molecule has 17 heavy (non-hydrogen) atoms. The van der Waals surface area contributed by atoms with E-state index in [1.165, 1.54) is 57.8 Å². The lowest BCUT2D eigenvalue weighted by Crippen LogP contribution is -2.34. The van der Waals surface area contributed by atoms with Gasteiger partial charge < -0.3 is 4.74 Å². The van der Waals surface area contributed by atoms with E-state index in [9.17, 15) is 0 Å². The Kier molecular flexibility index (Phi) is 4.18. The molecular formula is C16H30O. The van der Waals surface area contributed by atoms with E-state index in [1.54, 1.807) is 0 Å². The van der Waals surface area contributed by atoms with Crippen molar-refractivity contribution in [2.45, 2.75) is 84.2 Å². The highest BCUT2D eigenvalue weighted by Crippen LogP contribution is 2.49. The lowest BCUT2D eigenvalue weighted by atomic mass is 9.63. The zero-order valence-corrected chi connectivity index (χ0v) is 12.1. The third kappa shape index (κ3) is 3.98. The first-order chi connectivity index (χ1) is 7.99. The maximum Gasteiger partial charge on any atom is 0.0598 e. The van der Waals surface area contributed by atoms with E-state index < -0.39 is 0 Å². The Morgan fingerprint density at radius 2 is 1.65 bits per heavy atom. The molecule has 0 N–H and O–H groups in total. The van der Waals surface area contributed by atoms with E-state index >= 15 is 0 Å². The molecule has 1 heteroatoms. The molecule has 2 aliphatic rings. The first-order valence-electron chi connectivity index (χ1n) is 7.63. The topological polar surface area (TPSA) is 9.23 Å². The molecule has 1 spiro atoms. The first-order valence-corrected chi connectivity index (χ1v) is 7.63. The van der Waals surface area contributed by atoms with E-state index in [-0.39, 0.29) is 5.60 Å². The van der Waals surface area contributed by atoms with Gasteiger partial charge in [-0.15, -0.1) is 0 Å². The summed E-state index contributed by atoms with van der Waals surface area (Å²) in [4.78, 5) is 0. The molecule has 0 radical (unpaired) electrons. The van der Waals surface area contributed by atoms with E-state index in [1.807, 2.05) is 0 Å². The van der Waals surface area contributed by atoms with Gasteiger partial charge in [-0.2, -0.15) is 0 Å². The normalized spacial score (nSPS) is 29.5. The van der Waals surface area contributed by atoms with Crippen LogP contribution in [0.1, 0.15) is 78.6 Å². The van der Waals surface area contributed by atoms with Crippen LogP contribution in [-0.4, -0.2) is 12.2 Å². The van der Waals surface area contributed by atoms with Gasteiger partial charge in [-0.25, -0.2) is 0 Å². The standard InChI is InChI=1S/C16H30O/c1-15(2,3)17-13-14-8-7-11-16(12-14)9-5-4-6-10-16/h14H,4-13H2,1-3H3. The van der Waals surface area contributed by atoms with Crippen molar-refractivity contribution in [3.63, 3.8) is 0 Å². The number of ether oxygens (including phenoxy) is 1. The van der Waals surface area contributed by atoms with E-state index in [0.717, 1.165) is 17.9 Å². The fourth-order valence-electron chi connectivity index (χ4n) is 3.85. The summed E-state index contributed by atoms with van der Waals surface area (Å²) in [6.45, 7) is 7.51. The van der Waals surface area contributed by atoms with Crippen molar-refractivity contribution in [1.82, 2.24) is 0 Å². The molecule has 100 valence electrons. The molecule has 2 saturated carbocycles. The largest absolute Gasteiger partial charge is 0.376 e. The van der Waals surface area contributed by atoms with Crippen LogP contribution in [0.2, 0.25) is 0 Å². The van der Waals surface area contributed by atoms with Crippen molar-refractivity contribution < 1.29 is 4.74 Å². The second kappa shape index (κ2) is 5.30. The summed E-state index contributed by atoms with van der Waals surface area (Å²) in [6.07, 6.45) is 13.2. The van der Waals surface area contributed by atoms with Crippen molar-refractivity contribution in [2.24, 2.45) is 11.3 Å². The summed E-state index contributed by atoms with van der Waals surface area (Å²) in [5.41, 5.74) is 0.763. The Morgan fingerprint density at radius 3 is 2.29 bits per heavy atom. The lowest BCUT2D eigenvalue weighted by molar-refractivity contribution is -0.0443. The molecule has 0 aliphatic heterocycles. The second-order valence-electron chi connectivity index (χ2n) is 7.45. The van der Waals surface area contributed by atoms with Crippen molar-refractivity contribution in [3.05, 3.63) is 0 Å². The SMILES string of the molecule is CC(C)(C)OCC1CCCC2(CCCCC2)C1. The quantitative estimate of drug-likeness (QED) is 0.662. The van der Waals surface area contributed by atoms with Gasteiger partial charge in [0.2, 0.25) is 0 Å². The molecule has 1 nitrogen and oxygen atoms in total. The Balaban J connectivity index is 1.84. The summed E-state index contributed by atoms with van der Waals surface area (Å²) in [7, 11) is 0. The van der Waals surface area contributed by atoms with Gasteiger partial charge in [0.05, 0.1) is 12.2 Å². The molecule has 1 atom stereocenters. The number of hydrogen-bond acceptors (Lipinski definition) is 1. The van der Waals surface area contributed by atoms with Gasteiger partial charge in [0.1, 0.15) is 0 Å².